The van der Waals surface area contributed by atoms with Gasteiger partial charge < -0.3 is 10.1 Å². The summed E-state index contributed by atoms with van der Waals surface area (Å²) in [6.07, 6.45) is 0. The molecule has 0 saturated carbocycles. The number of ether oxygens (including phenoxy) is 1. The minimum absolute atomic E-state index is 0.231. The molecule has 0 bridgehead atoms. The summed E-state index contributed by atoms with van der Waals surface area (Å²) in [5.41, 5.74) is 2.86. The second kappa shape index (κ2) is 8.23. The molecule has 2 aromatic heterocycles. The lowest BCUT2D eigenvalue weighted by Gasteiger charge is -2.09. The molecule has 0 atom stereocenters. The summed E-state index contributed by atoms with van der Waals surface area (Å²) in [7, 11) is 1.60. The molecular weight excluding hydrogens is 418 g/mol. The normalized spacial score (nSPS) is 11.0. The molecule has 0 aliphatic heterocycles. The Morgan fingerprint density at radius 3 is 2.52 bits per heavy atom. The molecule has 0 aliphatic carbocycles. The molecule has 158 valence electrons. The van der Waals surface area contributed by atoms with E-state index in [1.165, 1.54) is 4.52 Å². The zero-order chi connectivity index (χ0) is 22.1. The molecule has 0 fully saturated rings. The summed E-state index contributed by atoms with van der Waals surface area (Å²) in [6, 6.07) is 14.3. The summed E-state index contributed by atoms with van der Waals surface area (Å²) in [5, 5.41) is 12.0. The minimum Gasteiger partial charge on any atom is -0.497 e. The van der Waals surface area contributed by atoms with Crippen molar-refractivity contribution >= 4 is 28.7 Å². The number of benzene rings is 2. The van der Waals surface area contributed by atoms with Gasteiger partial charge in [0.1, 0.15) is 23.6 Å². The third-order valence-electron chi connectivity index (χ3n) is 4.87. The summed E-state index contributed by atoms with van der Waals surface area (Å²) in [5.74, 6) is 0.835. The van der Waals surface area contributed by atoms with Crippen LogP contribution in [0.5, 0.6) is 5.75 Å². The number of hydrogen-bond donors (Lipinski definition) is 1. The molecule has 2 heterocycles. The number of rotatable bonds is 5. The van der Waals surface area contributed by atoms with E-state index in [4.69, 9.17) is 16.3 Å². The maximum atomic E-state index is 12.9. The van der Waals surface area contributed by atoms with E-state index < -0.39 is 5.56 Å². The molecule has 8 nitrogen and oxygen atoms in total. The van der Waals surface area contributed by atoms with E-state index in [0.717, 1.165) is 21.6 Å². The van der Waals surface area contributed by atoms with Crippen molar-refractivity contribution in [2.75, 3.05) is 12.4 Å². The third kappa shape index (κ3) is 4.15. The number of nitrogens with one attached hydrogen (secondary N) is 1. The van der Waals surface area contributed by atoms with Gasteiger partial charge in [0.25, 0.3) is 5.56 Å². The van der Waals surface area contributed by atoms with Gasteiger partial charge in [-0.05, 0) is 61.9 Å². The summed E-state index contributed by atoms with van der Waals surface area (Å²) in [6.45, 7) is 3.37. The molecule has 0 saturated heterocycles. The highest BCUT2D eigenvalue weighted by atomic mass is 35.5. The molecular formula is C22H20ClN5O3. The summed E-state index contributed by atoms with van der Waals surface area (Å²) >= 11 is 6.10. The van der Waals surface area contributed by atoms with Crippen LogP contribution in [0, 0.1) is 13.8 Å². The minimum atomic E-state index is -0.407. The quantitative estimate of drug-likeness (QED) is 0.516. The van der Waals surface area contributed by atoms with Crippen molar-refractivity contribution in [3.8, 4) is 17.0 Å². The van der Waals surface area contributed by atoms with E-state index in [1.54, 1.807) is 32.2 Å². The number of halogens is 1. The van der Waals surface area contributed by atoms with Gasteiger partial charge in [-0.2, -0.15) is 10.2 Å². The van der Waals surface area contributed by atoms with E-state index in [-0.39, 0.29) is 12.5 Å². The highest BCUT2D eigenvalue weighted by Gasteiger charge is 2.15. The number of carbonyl (C=O) groups excluding carboxylic acids is 1. The van der Waals surface area contributed by atoms with E-state index in [1.807, 2.05) is 37.3 Å². The number of methoxy groups -OCH3 is 1. The van der Waals surface area contributed by atoms with Crippen LogP contribution in [-0.4, -0.2) is 32.4 Å². The van der Waals surface area contributed by atoms with E-state index in [2.05, 4.69) is 15.5 Å². The first-order valence-electron chi connectivity index (χ1n) is 9.53. The van der Waals surface area contributed by atoms with Gasteiger partial charge in [-0.25, -0.2) is 9.20 Å². The van der Waals surface area contributed by atoms with Crippen LogP contribution in [0.25, 0.3) is 16.8 Å². The Hall–Kier alpha value is -3.65. The van der Waals surface area contributed by atoms with Gasteiger partial charge in [0.15, 0.2) is 0 Å². The third-order valence-corrected chi connectivity index (χ3v) is 5.28. The molecule has 0 aliphatic rings. The number of aryl methyl sites for hydroxylation is 2. The molecule has 0 radical (unpaired) electrons. The van der Waals surface area contributed by atoms with Crippen LogP contribution >= 0.6 is 11.6 Å². The van der Waals surface area contributed by atoms with Gasteiger partial charge in [0, 0.05) is 16.3 Å². The first-order chi connectivity index (χ1) is 14.9. The Balaban J connectivity index is 1.62. The second-order valence-electron chi connectivity index (χ2n) is 7.08. The fraction of sp³-hybridized carbons (Fsp3) is 0.182. The van der Waals surface area contributed by atoms with Crippen molar-refractivity contribution in [3.05, 3.63) is 75.3 Å². The van der Waals surface area contributed by atoms with Crippen LogP contribution in [0.2, 0.25) is 5.02 Å². The predicted molar refractivity (Wildman–Crippen MR) is 119 cm³/mol. The van der Waals surface area contributed by atoms with Crippen LogP contribution in [0.1, 0.15) is 11.4 Å². The molecule has 0 unspecified atom stereocenters. The monoisotopic (exact) mass is 437 g/mol. The number of carbonyl (C=O) groups is 1. The van der Waals surface area contributed by atoms with Gasteiger partial charge in [-0.1, -0.05) is 17.7 Å². The Bertz CT molecular complexity index is 1340. The summed E-state index contributed by atoms with van der Waals surface area (Å²) in [4.78, 5) is 25.4. The number of fused-ring (bicyclic) bond motifs is 1. The zero-order valence-electron chi connectivity index (χ0n) is 17.2. The van der Waals surface area contributed by atoms with Crippen molar-refractivity contribution in [1.82, 2.24) is 19.4 Å². The van der Waals surface area contributed by atoms with Crippen molar-refractivity contribution in [2.24, 2.45) is 0 Å². The van der Waals surface area contributed by atoms with Crippen molar-refractivity contribution in [1.29, 1.82) is 0 Å². The van der Waals surface area contributed by atoms with Crippen LogP contribution in [0.3, 0.4) is 0 Å². The van der Waals surface area contributed by atoms with Crippen molar-refractivity contribution in [3.63, 3.8) is 0 Å². The molecule has 0 spiro atoms. The Labute approximate surface area is 183 Å². The average molecular weight is 438 g/mol. The van der Waals surface area contributed by atoms with Crippen molar-refractivity contribution in [2.45, 2.75) is 20.4 Å². The van der Waals surface area contributed by atoms with E-state index in [0.29, 0.717) is 27.7 Å². The molecule has 31 heavy (non-hydrogen) atoms. The zero-order valence-corrected chi connectivity index (χ0v) is 18.0. The van der Waals surface area contributed by atoms with Gasteiger partial charge in [0.2, 0.25) is 5.91 Å². The molecule has 2 aromatic carbocycles. The standard InChI is InChI=1S/C22H20ClN5O3/c1-13-4-7-16(10-18(13)23)24-21(29)12-27-22(30)20-11-19(26-28(20)14(2)25-27)15-5-8-17(31-3)9-6-15/h4-11H,12H2,1-3H3,(H,24,29). The smallest absolute Gasteiger partial charge is 0.293 e. The molecule has 9 heteroatoms. The van der Waals surface area contributed by atoms with Gasteiger partial charge in [-0.15, -0.1) is 0 Å². The largest absolute Gasteiger partial charge is 0.497 e. The van der Waals surface area contributed by atoms with Crippen LogP contribution in [0.4, 0.5) is 5.69 Å². The van der Waals surface area contributed by atoms with Crippen LogP contribution in [-0.2, 0) is 11.3 Å². The van der Waals surface area contributed by atoms with E-state index >= 15 is 0 Å². The Morgan fingerprint density at radius 1 is 1.10 bits per heavy atom. The predicted octanol–water partition coefficient (Wildman–Crippen LogP) is 3.48. The highest BCUT2D eigenvalue weighted by molar-refractivity contribution is 6.31. The Kier molecular flexibility index (Phi) is 5.48. The number of amides is 1. The first kappa shape index (κ1) is 20.6. The number of anilines is 1. The maximum absolute atomic E-state index is 12.9. The van der Waals surface area contributed by atoms with Crippen LogP contribution < -0.4 is 15.6 Å². The number of hydrogen-bond acceptors (Lipinski definition) is 5. The lowest BCUT2D eigenvalue weighted by atomic mass is 10.1. The van der Waals surface area contributed by atoms with Gasteiger partial charge in [-0.3, -0.25) is 9.59 Å². The second-order valence-corrected chi connectivity index (χ2v) is 7.48. The van der Waals surface area contributed by atoms with Gasteiger partial charge in [0.05, 0.1) is 12.8 Å². The van der Waals surface area contributed by atoms with Crippen LogP contribution in [0.15, 0.2) is 53.3 Å². The topological polar surface area (TPSA) is 90.5 Å². The Morgan fingerprint density at radius 2 is 1.84 bits per heavy atom. The maximum Gasteiger partial charge on any atom is 0.293 e. The summed E-state index contributed by atoms with van der Waals surface area (Å²) < 4.78 is 7.79. The number of nitrogens with zero attached hydrogens (tertiary/aromatic N) is 4. The molecule has 4 rings (SSSR count). The SMILES string of the molecule is COc1ccc(-c2cc3c(=O)n(CC(=O)Nc4ccc(C)c(Cl)c4)nc(C)n3n2)cc1. The van der Waals surface area contributed by atoms with E-state index in [9.17, 15) is 9.59 Å². The molecule has 1 N–H and O–H groups in total. The lowest BCUT2D eigenvalue weighted by Crippen LogP contribution is -2.31. The lowest BCUT2D eigenvalue weighted by molar-refractivity contribution is -0.117. The fourth-order valence-corrected chi connectivity index (χ4v) is 3.37. The average Bonchev–Trinajstić information content (AvgIpc) is 3.21. The fourth-order valence-electron chi connectivity index (χ4n) is 3.19. The molecule has 4 aromatic rings. The highest BCUT2D eigenvalue weighted by Crippen LogP contribution is 2.22. The molecule has 1 amide bonds. The number of aromatic nitrogens is 4. The first-order valence-corrected chi connectivity index (χ1v) is 9.91. The van der Waals surface area contributed by atoms with Gasteiger partial charge >= 0.3 is 0 Å². The van der Waals surface area contributed by atoms with Crippen molar-refractivity contribution < 1.29 is 9.53 Å².